The van der Waals surface area contributed by atoms with Crippen molar-refractivity contribution in [2.45, 2.75) is 13.3 Å². The van der Waals surface area contributed by atoms with Crippen LogP contribution in [0.3, 0.4) is 0 Å². The van der Waals surface area contributed by atoms with Crippen LogP contribution in [0.2, 0.25) is 0 Å². The molecule has 1 aromatic carbocycles. The molecule has 0 unspecified atom stereocenters. The molecule has 0 radical (unpaired) electrons. The Morgan fingerprint density at radius 1 is 1.15 bits per heavy atom. The fourth-order valence-corrected chi connectivity index (χ4v) is 2.33. The van der Waals surface area contributed by atoms with E-state index in [0.717, 1.165) is 32.2 Å². The van der Waals surface area contributed by atoms with Crippen molar-refractivity contribution in [2.75, 3.05) is 6.61 Å². The van der Waals surface area contributed by atoms with Crippen molar-refractivity contribution < 1.29 is 4.74 Å². The predicted molar refractivity (Wildman–Crippen MR) is 65.3 cm³/mol. The number of halogens is 3. The lowest BCUT2D eigenvalue weighted by Crippen LogP contribution is -1.96. The first kappa shape index (κ1) is 11.5. The maximum atomic E-state index is 5.57. The molecule has 4 heteroatoms. The number of benzene rings is 1. The molecule has 0 N–H and O–H groups in total. The van der Waals surface area contributed by atoms with E-state index in [1.54, 1.807) is 0 Å². The first-order valence-electron chi connectivity index (χ1n) is 3.93. The summed E-state index contributed by atoms with van der Waals surface area (Å²) in [5.74, 6) is 0.858. The molecule has 0 spiro atoms. The van der Waals surface area contributed by atoms with Crippen LogP contribution in [0, 0.1) is 0 Å². The monoisotopic (exact) mass is 370 g/mol. The Hall–Kier alpha value is 0.460. The molecule has 1 nitrogen and oxygen atoms in total. The molecular formula is C9H9Br3O. The molecular weight excluding hydrogens is 364 g/mol. The quantitative estimate of drug-likeness (QED) is 0.695. The third-order valence-electron chi connectivity index (χ3n) is 1.45. The molecule has 0 amide bonds. The highest BCUT2D eigenvalue weighted by Crippen LogP contribution is 2.38. The van der Waals surface area contributed by atoms with Gasteiger partial charge in [0.2, 0.25) is 0 Å². The Morgan fingerprint density at radius 3 is 2.38 bits per heavy atom. The summed E-state index contributed by atoms with van der Waals surface area (Å²) in [5.41, 5.74) is 0. The fourth-order valence-electron chi connectivity index (χ4n) is 0.845. The number of rotatable bonds is 3. The maximum Gasteiger partial charge on any atom is 0.148 e. The average molecular weight is 373 g/mol. The fraction of sp³-hybridized carbons (Fsp3) is 0.333. The zero-order valence-corrected chi connectivity index (χ0v) is 11.9. The van der Waals surface area contributed by atoms with Crippen molar-refractivity contribution in [2.24, 2.45) is 0 Å². The molecule has 0 heterocycles. The van der Waals surface area contributed by atoms with Gasteiger partial charge in [0.05, 0.1) is 15.6 Å². The molecule has 0 aliphatic heterocycles. The molecule has 0 aliphatic rings. The smallest absolute Gasteiger partial charge is 0.148 e. The lowest BCUT2D eigenvalue weighted by atomic mass is 10.3. The van der Waals surface area contributed by atoms with Crippen LogP contribution < -0.4 is 4.74 Å². The average Bonchev–Trinajstić information content (AvgIpc) is 2.12. The van der Waals surface area contributed by atoms with E-state index in [9.17, 15) is 0 Å². The molecule has 0 aromatic heterocycles. The van der Waals surface area contributed by atoms with Crippen molar-refractivity contribution in [3.05, 3.63) is 25.6 Å². The van der Waals surface area contributed by atoms with Crippen molar-refractivity contribution in [1.29, 1.82) is 0 Å². The van der Waals surface area contributed by atoms with E-state index in [4.69, 9.17) is 4.74 Å². The molecule has 0 bridgehead atoms. The zero-order valence-electron chi connectivity index (χ0n) is 7.11. The van der Waals surface area contributed by atoms with Crippen molar-refractivity contribution in [3.8, 4) is 5.75 Å². The van der Waals surface area contributed by atoms with Crippen molar-refractivity contribution >= 4 is 47.8 Å². The van der Waals surface area contributed by atoms with Gasteiger partial charge in [-0.25, -0.2) is 0 Å². The second kappa shape index (κ2) is 5.37. The summed E-state index contributed by atoms with van der Waals surface area (Å²) >= 11 is 10.3. The summed E-state index contributed by atoms with van der Waals surface area (Å²) in [6.45, 7) is 2.81. The lowest BCUT2D eigenvalue weighted by molar-refractivity contribution is 0.313. The summed E-state index contributed by atoms with van der Waals surface area (Å²) in [6.07, 6.45) is 1.01. The van der Waals surface area contributed by atoms with Gasteiger partial charge in [-0.2, -0.15) is 0 Å². The van der Waals surface area contributed by atoms with Gasteiger partial charge >= 0.3 is 0 Å². The standard InChI is InChI=1S/C9H9Br3O/c1-2-5-13-9-7(11)4-3-6(10)8(9)12/h3-4H,2,5H2,1H3. The number of hydrogen-bond donors (Lipinski definition) is 0. The van der Waals surface area contributed by atoms with Crippen LogP contribution in [-0.2, 0) is 0 Å². The van der Waals surface area contributed by atoms with Crippen LogP contribution in [0.4, 0.5) is 0 Å². The molecule has 0 aliphatic carbocycles. The Morgan fingerprint density at radius 2 is 1.77 bits per heavy atom. The molecule has 13 heavy (non-hydrogen) atoms. The minimum Gasteiger partial charge on any atom is -0.491 e. The van der Waals surface area contributed by atoms with Crippen molar-refractivity contribution in [3.63, 3.8) is 0 Å². The number of ether oxygens (including phenoxy) is 1. The van der Waals surface area contributed by atoms with E-state index >= 15 is 0 Å². The topological polar surface area (TPSA) is 9.23 Å². The van der Waals surface area contributed by atoms with Crippen LogP contribution in [0.15, 0.2) is 25.6 Å². The molecule has 72 valence electrons. The van der Waals surface area contributed by atoms with Gasteiger partial charge in [-0.15, -0.1) is 0 Å². The first-order valence-corrected chi connectivity index (χ1v) is 6.31. The van der Waals surface area contributed by atoms with Gasteiger partial charge in [-0.3, -0.25) is 0 Å². The molecule has 1 aromatic rings. The molecule has 0 fully saturated rings. The van der Waals surface area contributed by atoms with Crippen molar-refractivity contribution in [1.82, 2.24) is 0 Å². The highest BCUT2D eigenvalue weighted by molar-refractivity contribution is 9.13. The summed E-state index contributed by atoms with van der Waals surface area (Å²) in [4.78, 5) is 0. The summed E-state index contributed by atoms with van der Waals surface area (Å²) < 4.78 is 8.50. The van der Waals surface area contributed by atoms with Crippen LogP contribution in [0.5, 0.6) is 5.75 Å². The van der Waals surface area contributed by atoms with Gasteiger partial charge in [0.15, 0.2) is 0 Å². The Kier molecular flexibility index (Phi) is 4.76. The predicted octanol–water partition coefficient (Wildman–Crippen LogP) is 4.76. The van der Waals surface area contributed by atoms with Gasteiger partial charge in [0.1, 0.15) is 5.75 Å². The zero-order chi connectivity index (χ0) is 9.84. The Balaban J connectivity index is 2.96. The number of hydrogen-bond acceptors (Lipinski definition) is 1. The summed E-state index contributed by atoms with van der Waals surface area (Å²) in [7, 11) is 0. The molecule has 0 saturated heterocycles. The van der Waals surface area contributed by atoms with Crippen LogP contribution >= 0.6 is 47.8 Å². The van der Waals surface area contributed by atoms with Crippen LogP contribution in [0.1, 0.15) is 13.3 Å². The second-order valence-electron chi connectivity index (χ2n) is 2.52. The maximum absolute atomic E-state index is 5.57. The van der Waals surface area contributed by atoms with E-state index < -0.39 is 0 Å². The van der Waals surface area contributed by atoms with Gasteiger partial charge in [-0.1, -0.05) is 6.92 Å². The van der Waals surface area contributed by atoms with E-state index in [1.807, 2.05) is 12.1 Å². The van der Waals surface area contributed by atoms with E-state index in [1.165, 1.54) is 0 Å². The van der Waals surface area contributed by atoms with Gasteiger partial charge in [-0.05, 0) is 66.3 Å². The first-order chi connectivity index (χ1) is 6.16. The lowest BCUT2D eigenvalue weighted by Gasteiger charge is -2.10. The minimum atomic E-state index is 0.730. The van der Waals surface area contributed by atoms with E-state index in [-0.39, 0.29) is 0 Å². The van der Waals surface area contributed by atoms with Crippen LogP contribution in [-0.4, -0.2) is 6.61 Å². The third-order valence-corrected chi connectivity index (χ3v) is 4.06. The SMILES string of the molecule is CCCOc1c(Br)ccc(Br)c1Br. The molecule has 0 saturated carbocycles. The summed E-state index contributed by atoms with van der Waals surface area (Å²) in [6, 6.07) is 3.92. The molecule has 1 rings (SSSR count). The Bertz CT molecular complexity index is 299. The van der Waals surface area contributed by atoms with E-state index in [2.05, 4.69) is 54.7 Å². The van der Waals surface area contributed by atoms with Gasteiger partial charge in [0.25, 0.3) is 0 Å². The van der Waals surface area contributed by atoms with E-state index in [0.29, 0.717) is 0 Å². The largest absolute Gasteiger partial charge is 0.491 e. The Labute approximate surface area is 103 Å². The van der Waals surface area contributed by atoms with Gasteiger partial charge in [0, 0.05) is 4.47 Å². The highest BCUT2D eigenvalue weighted by Gasteiger charge is 2.08. The summed E-state index contributed by atoms with van der Waals surface area (Å²) in [5, 5.41) is 0. The highest BCUT2D eigenvalue weighted by atomic mass is 79.9. The van der Waals surface area contributed by atoms with Gasteiger partial charge < -0.3 is 4.74 Å². The second-order valence-corrected chi connectivity index (χ2v) is 5.02. The van der Waals surface area contributed by atoms with Crippen LogP contribution in [0.25, 0.3) is 0 Å². The minimum absolute atomic E-state index is 0.730. The third kappa shape index (κ3) is 2.96. The normalized spacial score (nSPS) is 10.2. The molecule has 0 atom stereocenters.